The highest BCUT2D eigenvalue weighted by atomic mass is 16.9. The summed E-state index contributed by atoms with van der Waals surface area (Å²) in [5.41, 5.74) is 2.08. The summed E-state index contributed by atoms with van der Waals surface area (Å²) >= 11 is 0. The molecular formula is C44H66B4O17. The highest BCUT2D eigenvalue weighted by Gasteiger charge is 2.66. The van der Waals surface area contributed by atoms with Crippen LogP contribution in [0.4, 0.5) is 0 Å². The van der Waals surface area contributed by atoms with E-state index < -0.39 is 97.0 Å². The number of methoxy groups -OCH3 is 2. The lowest BCUT2D eigenvalue weighted by Crippen LogP contribution is -2.77. The van der Waals surface area contributed by atoms with Gasteiger partial charge in [0.1, 0.15) is 105 Å². The molecular weight excluding hydrogens is 844 g/mol. The maximum atomic E-state index is 6.95. The van der Waals surface area contributed by atoms with E-state index >= 15 is 0 Å². The molecule has 8 bridgehead atoms. The van der Waals surface area contributed by atoms with Crippen molar-refractivity contribution in [3.63, 3.8) is 0 Å². The molecule has 8 unspecified atom stereocenters. The Hall–Kier alpha value is -1.98. The van der Waals surface area contributed by atoms with Crippen LogP contribution in [0.1, 0.15) is 25.0 Å². The normalized spacial score (nSPS) is 34.6. The molecule has 0 spiro atoms. The van der Waals surface area contributed by atoms with E-state index in [4.69, 9.17) is 80.5 Å². The van der Waals surface area contributed by atoms with Gasteiger partial charge in [-0.2, -0.15) is 0 Å². The molecule has 2 aliphatic carbocycles. The van der Waals surface area contributed by atoms with E-state index in [2.05, 4.69) is 0 Å². The molecule has 6 heterocycles. The van der Waals surface area contributed by atoms with Gasteiger partial charge in [-0.05, 0) is 25.0 Å². The first-order valence-corrected chi connectivity index (χ1v) is 23.0. The molecule has 6 aliphatic heterocycles. The molecule has 0 N–H and O–H groups in total. The Morgan fingerprint density at radius 3 is 1.17 bits per heavy atom. The standard InChI is InChI=1S/C44H66B4O17/c1-25(19-49-3)52-15-17-54-29-33-30(55-18-16-53-26(2)20-50-4)36-39(35(29)60-41(58-33)61-36)64-43(45,46)23-51-24-44(47,48)65-40-37-31(56-21-27-11-7-5-8-12-27)34-32(38(40)63-42(59-34)62-37)57-22-28-13-9-6-10-14-28/h5-14,25-26,29-42H,15-24,45-48H2,1-4H3/t25-,26-,29?,30?,31?,32?,33?,34?,35?,36?,37?,38?,39?,40?,41?,42?/m1/s1. The minimum Gasteiger partial charge on any atom is -0.382 e. The first kappa shape index (κ1) is 49.4. The molecule has 21 heteroatoms. The highest BCUT2D eigenvalue weighted by molar-refractivity contribution is 6.39. The van der Waals surface area contributed by atoms with Crippen molar-refractivity contribution in [2.45, 2.75) is 136 Å². The number of rotatable bonds is 28. The molecule has 2 aromatic rings. The smallest absolute Gasteiger partial charge is 0.272 e. The molecule has 6 saturated heterocycles. The zero-order valence-electron chi connectivity index (χ0n) is 39.0. The summed E-state index contributed by atoms with van der Waals surface area (Å²) in [6, 6.07) is 20.1. The van der Waals surface area contributed by atoms with Crippen LogP contribution in [-0.4, -0.2) is 208 Å². The summed E-state index contributed by atoms with van der Waals surface area (Å²) in [6.07, 6.45) is -6.08. The molecule has 0 aromatic heterocycles. The van der Waals surface area contributed by atoms with Crippen molar-refractivity contribution < 1.29 is 80.5 Å². The van der Waals surface area contributed by atoms with Crippen LogP contribution in [0.3, 0.4) is 0 Å². The molecule has 10 atom stereocenters. The fraction of sp³-hybridized carbons (Fsp3) is 0.727. The minimum atomic E-state index is -0.862. The van der Waals surface area contributed by atoms with Crippen molar-refractivity contribution >= 4 is 31.4 Å². The molecule has 65 heavy (non-hydrogen) atoms. The second kappa shape index (κ2) is 22.6. The van der Waals surface area contributed by atoms with Crippen molar-refractivity contribution in [1.29, 1.82) is 0 Å². The van der Waals surface area contributed by atoms with Gasteiger partial charge in [0.25, 0.3) is 13.0 Å². The minimum absolute atomic E-state index is 0.0809. The van der Waals surface area contributed by atoms with Gasteiger partial charge in [-0.3, -0.25) is 0 Å². The third kappa shape index (κ3) is 12.4. The van der Waals surface area contributed by atoms with Crippen molar-refractivity contribution in [3.8, 4) is 0 Å². The van der Waals surface area contributed by atoms with Crippen LogP contribution in [0, 0.1) is 0 Å². The lowest BCUT2D eigenvalue weighted by Gasteiger charge is -2.59. The van der Waals surface area contributed by atoms with E-state index in [1.165, 1.54) is 0 Å². The Bertz CT molecular complexity index is 1640. The molecule has 8 aliphatic rings. The van der Waals surface area contributed by atoms with Gasteiger partial charge in [-0.1, -0.05) is 60.7 Å². The van der Waals surface area contributed by atoms with Gasteiger partial charge in [0.05, 0.1) is 78.3 Å². The number of ether oxygens (including phenoxy) is 17. The number of hydrogen-bond acceptors (Lipinski definition) is 17. The topological polar surface area (TPSA) is 157 Å². The number of benzene rings is 2. The average molecular weight is 910 g/mol. The summed E-state index contributed by atoms with van der Waals surface area (Å²) in [5.74, 6) is 0. The van der Waals surface area contributed by atoms with Gasteiger partial charge in [0, 0.05) is 25.0 Å². The lowest BCUT2D eigenvalue weighted by atomic mass is 9.64. The van der Waals surface area contributed by atoms with Gasteiger partial charge in [-0.25, -0.2) is 0 Å². The predicted molar refractivity (Wildman–Crippen MR) is 241 cm³/mol. The largest absolute Gasteiger partial charge is 0.382 e. The van der Waals surface area contributed by atoms with E-state index in [9.17, 15) is 0 Å². The third-order valence-corrected chi connectivity index (χ3v) is 12.3. The second-order valence-corrected chi connectivity index (χ2v) is 18.8. The van der Waals surface area contributed by atoms with Crippen molar-refractivity contribution in [1.82, 2.24) is 0 Å². The van der Waals surface area contributed by atoms with Crippen LogP contribution >= 0.6 is 0 Å². The first-order valence-electron chi connectivity index (χ1n) is 23.0. The molecule has 356 valence electrons. The summed E-state index contributed by atoms with van der Waals surface area (Å²) < 4.78 is 106. The van der Waals surface area contributed by atoms with Gasteiger partial charge >= 0.3 is 0 Å². The first-order chi connectivity index (χ1) is 31.4. The molecule has 2 saturated carbocycles. The maximum absolute atomic E-state index is 6.95. The fourth-order valence-corrected chi connectivity index (χ4v) is 9.48. The zero-order chi connectivity index (χ0) is 45.6. The quantitative estimate of drug-likeness (QED) is 0.0727. The van der Waals surface area contributed by atoms with Gasteiger partial charge in [-0.15, -0.1) is 0 Å². The average Bonchev–Trinajstić information content (AvgIpc) is 3.27. The monoisotopic (exact) mass is 910 g/mol. The van der Waals surface area contributed by atoms with Crippen LogP contribution in [0.5, 0.6) is 0 Å². The summed E-state index contributed by atoms with van der Waals surface area (Å²) in [4.78, 5) is 0. The van der Waals surface area contributed by atoms with E-state index in [1.54, 1.807) is 14.2 Å². The Labute approximate surface area is 386 Å². The van der Waals surface area contributed by atoms with Gasteiger partial charge in [0.2, 0.25) is 0 Å². The lowest BCUT2D eigenvalue weighted by molar-refractivity contribution is -0.491. The number of hydrogen-bond donors (Lipinski definition) is 0. The van der Waals surface area contributed by atoms with Crippen LogP contribution in [-0.2, 0) is 93.7 Å². The van der Waals surface area contributed by atoms with Crippen LogP contribution in [0.15, 0.2) is 60.7 Å². The third-order valence-electron chi connectivity index (χ3n) is 12.3. The second-order valence-electron chi connectivity index (χ2n) is 18.8. The van der Waals surface area contributed by atoms with Crippen LogP contribution in [0.2, 0.25) is 0 Å². The van der Waals surface area contributed by atoms with E-state index in [-0.39, 0.29) is 25.4 Å². The van der Waals surface area contributed by atoms with Crippen molar-refractivity contribution in [2.75, 3.05) is 67.1 Å². The zero-order valence-corrected chi connectivity index (χ0v) is 39.0. The fourth-order valence-electron chi connectivity index (χ4n) is 9.48. The van der Waals surface area contributed by atoms with E-state index in [1.807, 2.05) is 106 Å². The predicted octanol–water partition coefficient (Wildman–Crippen LogP) is -1.38. The molecule has 8 fully saturated rings. The van der Waals surface area contributed by atoms with Crippen LogP contribution in [0.25, 0.3) is 0 Å². The van der Waals surface area contributed by atoms with Gasteiger partial charge < -0.3 is 80.5 Å². The summed E-state index contributed by atoms with van der Waals surface area (Å²) in [7, 11) is 11.2. The Morgan fingerprint density at radius 1 is 0.477 bits per heavy atom. The molecule has 0 amide bonds. The van der Waals surface area contributed by atoms with Crippen molar-refractivity contribution in [3.05, 3.63) is 71.8 Å². The molecule has 0 radical (unpaired) electrons. The summed E-state index contributed by atoms with van der Waals surface area (Å²) in [6.45, 7) is 5.71. The Kier molecular flexibility index (Phi) is 17.2. The van der Waals surface area contributed by atoms with E-state index in [0.29, 0.717) is 52.9 Å². The molecule has 10 rings (SSSR count). The highest BCUT2D eigenvalue weighted by Crippen LogP contribution is 2.46. The Morgan fingerprint density at radius 2 is 0.815 bits per heavy atom. The summed E-state index contributed by atoms with van der Waals surface area (Å²) in [5, 5.41) is -1.61. The van der Waals surface area contributed by atoms with E-state index in [0.717, 1.165) is 11.1 Å². The molecule has 2 aromatic carbocycles. The van der Waals surface area contributed by atoms with Crippen molar-refractivity contribution in [2.24, 2.45) is 0 Å². The van der Waals surface area contributed by atoms with Crippen LogP contribution < -0.4 is 0 Å². The molecule has 17 nitrogen and oxygen atoms in total. The van der Waals surface area contributed by atoms with Gasteiger partial charge in [0.15, 0.2) is 0 Å². The SMILES string of the molecule is BC(B)(COCC(B)(B)OC1C2OC3OC(C2OCc2ccccc2)C(OCc2ccccc2)C1O3)OC1C2OC3OC(C2OCCO[C@H](C)COC)C(OCCO[C@H](C)COC)C1O3. The maximum Gasteiger partial charge on any atom is 0.272 e. The Balaban J connectivity index is 0.907.